The fourth-order valence-corrected chi connectivity index (χ4v) is 3.23. The molecule has 1 aromatic heterocycles. The van der Waals surface area contributed by atoms with Crippen molar-refractivity contribution in [2.45, 2.75) is 13.0 Å². The average Bonchev–Trinajstić information content (AvgIpc) is 3.25. The third-order valence-corrected chi connectivity index (χ3v) is 4.58. The van der Waals surface area contributed by atoms with E-state index in [4.69, 9.17) is 0 Å². The maximum absolute atomic E-state index is 14.1. The Kier molecular flexibility index (Phi) is 4.12. The molecule has 4 rings (SSSR count). The minimum atomic E-state index is -0.482. The number of nitrogens with zero attached hydrogens (tertiary/aromatic N) is 2. The van der Waals surface area contributed by atoms with E-state index in [0.717, 1.165) is 5.56 Å². The summed E-state index contributed by atoms with van der Waals surface area (Å²) >= 11 is 0. The van der Waals surface area contributed by atoms with Gasteiger partial charge in [0.1, 0.15) is 5.82 Å². The maximum atomic E-state index is 14.1. The molecule has 1 unspecified atom stereocenters. The lowest BCUT2D eigenvalue weighted by Gasteiger charge is -2.14. The van der Waals surface area contributed by atoms with Gasteiger partial charge in [-0.25, -0.2) is 4.39 Å². The largest absolute Gasteiger partial charge is 0.352 e. The van der Waals surface area contributed by atoms with Crippen LogP contribution in [0.5, 0.6) is 0 Å². The lowest BCUT2D eigenvalue weighted by molar-refractivity contribution is -0.126. The Morgan fingerprint density at radius 1 is 1.23 bits per heavy atom. The van der Waals surface area contributed by atoms with E-state index in [0.29, 0.717) is 12.1 Å². The molecule has 2 heterocycles. The second-order valence-corrected chi connectivity index (χ2v) is 6.32. The van der Waals surface area contributed by atoms with Gasteiger partial charge in [0.15, 0.2) is 5.82 Å². The second-order valence-electron chi connectivity index (χ2n) is 6.32. The van der Waals surface area contributed by atoms with Gasteiger partial charge in [0.2, 0.25) is 11.8 Å². The van der Waals surface area contributed by atoms with Gasteiger partial charge in [-0.3, -0.25) is 19.6 Å². The lowest BCUT2D eigenvalue weighted by Crippen LogP contribution is -2.32. The van der Waals surface area contributed by atoms with Crippen molar-refractivity contribution in [3.63, 3.8) is 0 Å². The van der Waals surface area contributed by atoms with Crippen molar-refractivity contribution < 1.29 is 14.0 Å². The molecule has 1 aliphatic rings. The van der Waals surface area contributed by atoms with Gasteiger partial charge in [-0.15, -0.1) is 0 Å². The maximum Gasteiger partial charge on any atom is 0.229 e. The molecule has 0 spiro atoms. The number of carbonyl (C=O) groups excluding carboxylic acids is 2. The van der Waals surface area contributed by atoms with Crippen molar-refractivity contribution in [1.82, 2.24) is 15.5 Å². The Labute approximate surface area is 149 Å². The zero-order chi connectivity index (χ0) is 18.1. The number of anilines is 1. The molecule has 26 heavy (non-hydrogen) atoms. The van der Waals surface area contributed by atoms with Crippen molar-refractivity contribution in [2.24, 2.45) is 5.92 Å². The predicted octanol–water partition coefficient (Wildman–Crippen LogP) is 2.37. The van der Waals surface area contributed by atoms with Crippen molar-refractivity contribution >= 4 is 28.5 Å². The lowest BCUT2D eigenvalue weighted by atomic mass is 10.1. The number of amides is 2. The van der Waals surface area contributed by atoms with Gasteiger partial charge in [-0.1, -0.05) is 36.4 Å². The van der Waals surface area contributed by atoms with E-state index >= 15 is 0 Å². The van der Waals surface area contributed by atoms with E-state index in [9.17, 15) is 14.0 Å². The topological polar surface area (TPSA) is 78.1 Å². The summed E-state index contributed by atoms with van der Waals surface area (Å²) in [4.78, 5) is 26.2. The molecule has 6 nitrogen and oxygen atoms in total. The number of H-pyrrole nitrogens is 1. The van der Waals surface area contributed by atoms with Crippen molar-refractivity contribution in [3.8, 4) is 0 Å². The molecule has 132 valence electrons. The van der Waals surface area contributed by atoms with Crippen LogP contribution in [0.3, 0.4) is 0 Å². The molecule has 2 N–H and O–H groups in total. The quantitative estimate of drug-likeness (QED) is 0.757. The number of hydrogen-bond donors (Lipinski definition) is 2. The van der Waals surface area contributed by atoms with Crippen LogP contribution in [0.4, 0.5) is 10.2 Å². The van der Waals surface area contributed by atoms with Gasteiger partial charge in [-0.05, 0) is 17.7 Å². The number of aromatic nitrogens is 2. The van der Waals surface area contributed by atoms with Gasteiger partial charge in [0, 0.05) is 19.5 Å². The number of halogens is 1. The van der Waals surface area contributed by atoms with Gasteiger partial charge in [-0.2, -0.15) is 5.10 Å². The van der Waals surface area contributed by atoms with Crippen LogP contribution >= 0.6 is 0 Å². The molecule has 0 aliphatic carbocycles. The first kappa shape index (κ1) is 16.3. The summed E-state index contributed by atoms with van der Waals surface area (Å²) in [6, 6.07) is 14.2. The van der Waals surface area contributed by atoms with Crippen LogP contribution in [-0.2, 0) is 16.1 Å². The zero-order valence-corrected chi connectivity index (χ0v) is 13.9. The Morgan fingerprint density at radius 3 is 2.85 bits per heavy atom. The van der Waals surface area contributed by atoms with Crippen LogP contribution in [0.1, 0.15) is 12.0 Å². The minimum absolute atomic E-state index is 0.0867. The number of nitrogens with one attached hydrogen (secondary N) is 2. The summed E-state index contributed by atoms with van der Waals surface area (Å²) in [5, 5.41) is 9.94. The molecule has 7 heteroatoms. The van der Waals surface area contributed by atoms with E-state index in [-0.39, 0.29) is 36.0 Å². The van der Waals surface area contributed by atoms with Gasteiger partial charge in [0.05, 0.1) is 16.8 Å². The normalized spacial score (nSPS) is 17.0. The molecular weight excluding hydrogens is 335 g/mol. The number of benzene rings is 2. The predicted molar refractivity (Wildman–Crippen MR) is 94.8 cm³/mol. The van der Waals surface area contributed by atoms with Crippen LogP contribution < -0.4 is 10.2 Å². The first-order valence-corrected chi connectivity index (χ1v) is 8.38. The number of hydrogen-bond acceptors (Lipinski definition) is 3. The summed E-state index contributed by atoms with van der Waals surface area (Å²) in [5.74, 6) is -1.12. The zero-order valence-electron chi connectivity index (χ0n) is 13.9. The number of carbonyl (C=O) groups is 2. The van der Waals surface area contributed by atoms with Crippen LogP contribution in [0, 0.1) is 11.7 Å². The van der Waals surface area contributed by atoms with Crippen LogP contribution in [0.2, 0.25) is 0 Å². The Balaban J connectivity index is 1.49. The first-order valence-electron chi connectivity index (χ1n) is 8.38. The molecule has 1 atom stereocenters. The highest BCUT2D eigenvalue weighted by Crippen LogP contribution is 2.31. The average molecular weight is 352 g/mol. The summed E-state index contributed by atoms with van der Waals surface area (Å²) in [5.41, 5.74) is 1.51. The molecule has 0 saturated carbocycles. The smallest absolute Gasteiger partial charge is 0.229 e. The Morgan fingerprint density at radius 2 is 2.04 bits per heavy atom. The summed E-state index contributed by atoms with van der Waals surface area (Å²) in [6.45, 7) is 0.595. The summed E-state index contributed by atoms with van der Waals surface area (Å²) < 4.78 is 14.1. The molecule has 1 fully saturated rings. The molecule has 2 aromatic carbocycles. The first-order chi connectivity index (χ1) is 12.6. The Bertz CT molecular complexity index is 970. The summed E-state index contributed by atoms with van der Waals surface area (Å²) in [7, 11) is 0. The SMILES string of the molecule is O=C(NCc1ccccc1)C1CC(=O)N(c2n[nH]c3cccc(F)c23)C1. The summed E-state index contributed by atoms with van der Waals surface area (Å²) in [6.07, 6.45) is 0.0867. The fraction of sp³-hybridized carbons (Fsp3) is 0.211. The van der Waals surface area contributed by atoms with E-state index in [1.807, 2.05) is 30.3 Å². The second kappa shape index (κ2) is 6.59. The van der Waals surface area contributed by atoms with E-state index in [1.165, 1.54) is 11.0 Å². The van der Waals surface area contributed by atoms with E-state index in [2.05, 4.69) is 15.5 Å². The number of fused-ring (bicyclic) bond motifs is 1. The minimum Gasteiger partial charge on any atom is -0.352 e. The molecule has 0 radical (unpaired) electrons. The highest BCUT2D eigenvalue weighted by atomic mass is 19.1. The molecular formula is C19H17FN4O2. The molecule has 2 amide bonds. The van der Waals surface area contributed by atoms with Crippen LogP contribution in [0.15, 0.2) is 48.5 Å². The van der Waals surface area contributed by atoms with Crippen molar-refractivity contribution in [1.29, 1.82) is 0 Å². The monoisotopic (exact) mass is 352 g/mol. The fourth-order valence-electron chi connectivity index (χ4n) is 3.23. The van der Waals surface area contributed by atoms with E-state index < -0.39 is 11.7 Å². The highest BCUT2D eigenvalue weighted by molar-refractivity contribution is 6.05. The van der Waals surface area contributed by atoms with E-state index in [1.54, 1.807) is 12.1 Å². The molecule has 1 aliphatic heterocycles. The number of aromatic amines is 1. The standard InChI is InChI=1S/C19H17FN4O2/c20-14-7-4-8-15-17(14)18(23-22-15)24-11-13(9-16(24)25)19(26)21-10-12-5-2-1-3-6-12/h1-8,13H,9-11H2,(H,21,26)(H,22,23). The number of rotatable bonds is 4. The Hall–Kier alpha value is -3.22. The highest BCUT2D eigenvalue weighted by Gasteiger charge is 2.37. The van der Waals surface area contributed by atoms with Crippen LogP contribution in [0.25, 0.3) is 10.9 Å². The molecule has 3 aromatic rings. The third kappa shape index (κ3) is 2.92. The molecule has 1 saturated heterocycles. The van der Waals surface area contributed by atoms with Gasteiger partial charge < -0.3 is 5.32 Å². The third-order valence-electron chi connectivity index (χ3n) is 4.58. The van der Waals surface area contributed by atoms with Gasteiger partial charge in [0.25, 0.3) is 0 Å². The van der Waals surface area contributed by atoms with Gasteiger partial charge >= 0.3 is 0 Å². The van der Waals surface area contributed by atoms with Crippen LogP contribution in [-0.4, -0.2) is 28.6 Å². The van der Waals surface area contributed by atoms with Crippen molar-refractivity contribution in [3.05, 3.63) is 59.9 Å². The van der Waals surface area contributed by atoms with Crippen molar-refractivity contribution in [2.75, 3.05) is 11.4 Å². The molecule has 0 bridgehead atoms.